The fraction of sp³-hybridized carbons (Fsp3) is 0.286. The van der Waals surface area contributed by atoms with E-state index in [0.717, 1.165) is 23.2 Å². The molecule has 1 aromatic carbocycles. The summed E-state index contributed by atoms with van der Waals surface area (Å²) in [6.45, 7) is 3.74. The average molecular weight is 393 g/mol. The Labute approximate surface area is 168 Å². The number of nitrogens with one attached hydrogen (secondary N) is 2. The molecular weight excluding hydrogens is 370 g/mol. The van der Waals surface area contributed by atoms with Gasteiger partial charge in [-0.15, -0.1) is 0 Å². The molecule has 150 valence electrons. The van der Waals surface area contributed by atoms with Gasteiger partial charge in [-0.25, -0.2) is 0 Å². The van der Waals surface area contributed by atoms with Crippen molar-refractivity contribution in [1.82, 2.24) is 20.4 Å². The quantitative estimate of drug-likeness (QED) is 0.608. The molecule has 0 aliphatic rings. The highest BCUT2D eigenvalue weighted by Crippen LogP contribution is 2.18. The Hall–Kier alpha value is -3.55. The zero-order valence-corrected chi connectivity index (χ0v) is 16.4. The largest absolute Gasteiger partial charge is 0.344 e. The number of benzene rings is 1. The molecule has 2 aromatic heterocycles. The lowest BCUT2D eigenvalue weighted by Gasteiger charge is -2.10. The molecule has 0 aliphatic carbocycles. The molecule has 0 spiro atoms. The lowest BCUT2D eigenvalue weighted by molar-refractivity contribution is -0.121. The summed E-state index contributed by atoms with van der Waals surface area (Å²) in [7, 11) is 0. The molecule has 0 radical (unpaired) electrons. The molecular formula is C21H23N5O3. The Balaban J connectivity index is 1.54. The predicted molar refractivity (Wildman–Crippen MR) is 108 cm³/mol. The van der Waals surface area contributed by atoms with Crippen LogP contribution in [0.3, 0.4) is 0 Å². The molecule has 8 heteroatoms. The van der Waals surface area contributed by atoms with Crippen LogP contribution >= 0.6 is 0 Å². The first-order valence-electron chi connectivity index (χ1n) is 9.47. The second kappa shape index (κ2) is 9.59. The van der Waals surface area contributed by atoms with Gasteiger partial charge in [0.05, 0.1) is 6.42 Å². The molecule has 3 aromatic rings. The van der Waals surface area contributed by atoms with E-state index < -0.39 is 6.04 Å². The number of pyridine rings is 1. The molecule has 0 saturated heterocycles. The molecule has 2 heterocycles. The zero-order valence-electron chi connectivity index (χ0n) is 16.4. The van der Waals surface area contributed by atoms with E-state index in [1.165, 1.54) is 0 Å². The molecule has 0 aliphatic heterocycles. The van der Waals surface area contributed by atoms with Crippen LogP contribution in [0.25, 0.3) is 11.4 Å². The van der Waals surface area contributed by atoms with Crippen LogP contribution in [0.5, 0.6) is 0 Å². The highest BCUT2D eigenvalue weighted by atomic mass is 16.5. The van der Waals surface area contributed by atoms with Gasteiger partial charge in [-0.1, -0.05) is 24.2 Å². The third kappa shape index (κ3) is 5.71. The van der Waals surface area contributed by atoms with Gasteiger partial charge < -0.3 is 15.2 Å². The van der Waals surface area contributed by atoms with Gasteiger partial charge in [-0.05, 0) is 43.2 Å². The van der Waals surface area contributed by atoms with E-state index in [9.17, 15) is 9.59 Å². The van der Waals surface area contributed by atoms with Crippen molar-refractivity contribution in [2.24, 2.45) is 0 Å². The van der Waals surface area contributed by atoms with E-state index >= 15 is 0 Å². The van der Waals surface area contributed by atoms with E-state index in [2.05, 4.69) is 25.8 Å². The molecule has 29 heavy (non-hydrogen) atoms. The van der Waals surface area contributed by atoms with Crippen LogP contribution in [0, 0.1) is 0 Å². The number of rotatable bonds is 8. The molecule has 8 nitrogen and oxygen atoms in total. The van der Waals surface area contributed by atoms with Crippen LogP contribution in [-0.2, 0) is 16.0 Å². The fourth-order valence-electron chi connectivity index (χ4n) is 2.72. The first kappa shape index (κ1) is 20.2. The van der Waals surface area contributed by atoms with E-state index in [1.807, 2.05) is 25.1 Å². The van der Waals surface area contributed by atoms with Crippen molar-refractivity contribution in [3.8, 4) is 11.4 Å². The third-order valence-corrected chi connectivity index (χ3v) is 4.19. The Morgan fingerprint density at radius 1 is 1.14 bits per heavy atom. The summed E-state index contributed by atoms with van der Waals surface area (Å²) in [6, 6.07) is 10.4. The minimum absolute atomic E-state index is 0.0166. The van der Waals surface area contributed by atoms with Crippen molar-refractivity contribution in [3.63, 3.8) is 0 Å². The standard InChI is InChI=1S/C21H23N5O3/c1-3-5-18(27)24-17-9-7-15(8-10-17)12-19(28)23-14(2)21-25-20(26-29-21)16-6-4-11-22-13-16/h4,6-11,13-14H,3,5,12H2,1-2H3,(H,23,28)(H,24,27). The molecule has 1 unspecified atom stereocenters. The maximum absolute atomic E-state index is 12.3. The van der Waals surface area contributed by atoms with Crippen LogP contribution in [0.15, 0.2) is 53.3 Å². The van der Waals surface area contributed by atoms with E-state index in [0.29, 0.717) is 18.1 Å². The first-order valence-corrected chi connectivity index (χ1v) is 9.47. The summed E-state index contributed by atoms with van der Waals surface area (Å²) in [6.07, 6.45) is 4.80. The zero-order chi connectivity index (χ0) is 20.6. The van der Waals surface area contributed by atoms with Gasteiger partial charge in [-0.3, -0.25) is 14.6 Å². The van der Waals surface area contributed by atoms with Gasteiger partial charge in [0.1, 0.15) is 6.04 Å². The second-order valence-corrected chi connectivity index (χ2v) is 6.66. The Morgan fingerprint density at radius 2 is 1.93 bits per heavy atom. The summed E-state index contributed by atoms with van der Waals surface area (Å²) in [5, 5.41) is 9.61. The van der Waals surface area contributed by atoms with E-state index in [4.69, 9.17) is 4.52 Å². The number of nitrogens with zero attached hydrogens (tertiary/aromatic N) is 3. The second-order valence-electron chi connectivity index (χ2n) is 6.66. The predicted octanol–water partition coefficient (Wildman–Crippen LogP) is 3.29. The number of hydrogen-bond acceptors (Lipinski definition) is 6. The maximum atomic E-state index is 12.3. The molecule has 2 N–H and O–H groups in total. The number of amides is 2. The van der Waals surface area contributed by atoms with Crippen LogP contribution in [0.4, 0.5) is 5.69 Å². The third-order valence-electron chi connectivity index (χ3n) is 4.19. The smallest absolute Gasteiger partial charge is 0.249 e. The van der Waals surface area contributed by atoms with Crippen LogP contribution in [0.1, 0.15) is 44.2 Å². The van der Waals surface area contributed by atoms with Gasteiger partial charge in [0.2, 0.25) is 23.5 Å². The topological polar surface area (TPSA) is 110 Å². The number of aromatic nitrogens is 3. The summed E-state index contributed by atoms with van der Waals surface area (Å²) in [5.41, 5.74) is 2.30. The van der Waals surface area contributed by atoms with Crippen LogP contribution in [0.2, 0.25) is 0 Å². The van der Waals surface area contributed by atoms with Crippen molar-refractivity contribution in [2.45, 2.75) is 39.2 Å². The van der Waals surface area contributed by atoms with Crippen molar-refractivity contribution in [2.75, 3.05) is 5.32 Å². The summed E-state index contributed by atoms with van der Waals surface area (Å²) < 4.78 is 5.26. The maximum Gasteiger partial charge on any atom is 0.249 e. The average Bonchev–Trinajstić information content (AvgIpc) is 3.21. The highest BCUT2D eigenvalue weighted by molar-refractivity contribution is 5.90. The fourth-order valence-corrected chi connectivity index (χ4v) is 2.72. The van der Waals surface area contributed by atoms with Crippen LogP contribution < -0.4 is 10.6 Å². The Morgan fingerprint density at radius 3 is 2.62 bits per heavy atom. The highest BCUT2D eigenvalue weighted by Gasteiger charge is 2.17. The van der Waals surface area contributed by atoms with Crippen LogP contribution in [-0.4, -0.2) is 26.9 Å². The summed E-state index contributed by atoms with van der Waals surface area (Å²) in [5.74, 6) is 0.569. The van der Waals surface area contributed by atoms with Gasteiger partial charge in [0.15, 0.2) is 0 Å². The molecule has 2 amide bonds. The monoisotopic (exact) mass is 393 g/mol. The van der Waals surface area contributed by atoms with Crippen molar-refractivity contribution >= 4 is 17.5 Å². The minimum Gasteiger partial charge on any atom is -0.344 e. The Kier molecular flexibility index (Phi) is 6.67. The summed E-state index contributed by atoms with van der Waals surface area (Å²) >= 11 is 0. The van der Waals surface area contributed by atoms with Gasteiger partial charge in [0.25, 0.3) is 0 Å². The summed E-state index contributed by atoms with van der Waals surface area (Å²) in [4.78, 5) is 32.3. The number of carbonyl (C=O) groups excluding carboxylic acids is 2. The lowest BCUT2D eigenvalue weighted by Crippen LogP contribution is -2.28. The van der Waals surface area contributed by atoms with Gasteiger partial charge in [-0.2, -0.15) is 4.98 Å². The molecule has 3 rings (SSSR count). The van der Waals surface area contributed by atoms with Gasteiger partial charge >= 0.3 is 0 Å². The SMILES string of the molecule is CCCC(=O)Nc1ccc(CC(=O)NC(C)c2nc(-c3cccnc3)no2)cc1. The lowest BCUT2D eigenvalue weighted by atomic mass is 10.1. The van der Waals surface area contributed by atoms with Crippen molar-refractivity contribution in [3.05, 3.63) is 60.2 Å². The minimum atomic E-state index is -0.423. The molecule has 1 atom stereocenters. The normalized spacial score (nSPS) is 11.7. The Bertz CT molecular complexity index is 954. The van der Waals surface area contributed by atoms with E-state index in [1.54, 1.807) is 37.5 Å². The molecule has 0 bridgehead atoms. The van der Waals surface area contributed by atoms with Crippen molar-refractivity contribution in [1.29, 1.82) is 0 Å². The van der Waals surface area contributed by atoms with E-state index in [-0.39, 0.29) is 18.2 Å². The molecule has 0 saturated carbocycles. The molecule has 0 fully saturated rings. The first-order chi connectivity index (χ1) is 14.0. The van der Waals surface area contributed by atoms with Crippen molar-refractivity contribution < 1.29 is 14.1 Å². The van der Waals surface area contributed by atoms with Gasteiger partial charge in [0, 0.05) is 30.1 Å². The number of carbonyl (C=O) groups is 2. The number of anilines is 1. The number of hydrogen-bond donors (Lipinski definition) is 2.